The first-order valence-corrected chi connectivity index (χ1v) is 28.2. The van der Waals surface area contributed by atoms with Crippen molar-refractivity contribution < 1.29 is 14.3 Å². The second kappa shape index (κ2) is 27.1. The van der Waals surface area contributed by atoms with Crippen molar-refractivity contribution in [2.75, 3.05) is 0 Å². The number of hydrogen-bond acceptors (Lipinski definition) is 3. The molecule has 0 saturated heterocycles. The van der Waals surface area contributed by atoms with Crippen LogP contribution in [0.25, 0.3) is 0 Å². The molecule has 52 heavy (non-hydrogen) atoms. The Morgan fingerprint density at radius 3 is 1.29 bits per heavy atom. The Bertz CT molecular complexity index is 1160. The molecule has 0 heterocycles. The average molecular weight is 753 g/mol. The quantitative estimate of drug-likeness (QED) is 0.0578. The van der Waals surface area contributed by atoms with Crippen molar-refractivity contribution in [1.29, 1.82) is 0 Å². The van der Waals surface area contributed by atoms with Crippen LogP contribution in [0.1, 0.15) is 180 Å². The molecule has 0 aliphatic heterocycles. The van der Waals surface area contributed by atoms with Gasteiger partial charge in [-0.1, -0.05) is 180 Å². The van der Waals surface area contributed by atoms with Crippen LogP contribution < -0.4 is 0 Å². The van der Waals surface area contributed by atoms with E-state index in [4.69, 9.17) is 4.12 Å². The molecule has 3 unspecified atom stereocenters. The molecule has 0 bridgehead atoms. The monoisotopic (exact) mass is 753 g/mol. The largest absolute Gasteiger partial charge is 0.508 e. The smallest absolute Gasteiger partial charge is 0.176 e. The normalized spacial score (nSPS) is 14.1. The van der Waals surface area contributed by atoms with Gasteiger partial charge in [-0.2, -0.15) is 0 Å². The summed E-state index contributed by atoms with van der Waals surface area (Å²) in [4.78, 5) is 0. The molecule has 2 aromatic carbocycles. The van der Waals surface area contributed by atoms with Crippen molar-refractivity contribution in [2.45, 2.75) is 219 Å². The summed E-state index contributed by atoms with van der Waals surface area (Å²) in [5.41, 5.74) is 4.10. The Morgan fingerprint density at radius 1 is 0.481 bits per heavy atom. The van der Waals surface area contributed by atoms with Gasteiger partial charge < -0.3 is 14.3 Å². The number of unbranched alkanes of at least 4 members (excludes halogenated alkanes) is 13. The van der Waals surface area contributed by atoms with E-state index >= 15 is 0 Å². The molecule has 2 aromatic rings. The summed E-state index contributed by atoms with van der Waals surface area (Å²) in [7, 11) is -3.58. The number of rotatable bonds is 32. The van der Waals surface area contributed by atoms with Crippen LogP contribution in [0.5, 0.6) is 11.5 Å². The number of phenols is 2. The third kappa shape index (κ3) is 20.8. The van der Waals surface area contributed by atoms with Crippen molar-refractivity contribution in [2.24, 2.45) is 5.92 Å². The fourth-order valence-electron chi connectivity index (χ4n) is 8.76. The van der Waals surface area contributed by atoms with Crippen LogP contribution in [-0.4, -0.2) is 26.8 Å². The van der Waals surface area contributed by atoms with Gasteiger partial charge in [-0.05, 0) is 104 Å². The number of hydrogen-bond donors (Lipinski definition) is 2. The molecule has 3 atom stereocenters. The van der Waals surface area contributed by atoms with Crippen molar-refractivity contribution in [3.05, 3.63) is 59.7 Å². The Kier molecular flexibility index (Phi) is 24.3. The summed E-state index contributed by atoms with van der Waals surface area (Å²) in [5, 5.41) is 19.3. The molecule has 298 valence electrons. The molecule has 0 amide bonds. The van der Waals surface area contributed by atoms with Crippen LogP contribution in [0.3, 0.4) is 0 Å². The van der Waals surface area contributed by atoms with Gasteiger partial charge in [-0.3, -0.25) is 0 Å². The van der Waals surface area contributed by atoms with E-state index in [2.05, 4.69) is 59.1 Å². The molecule has 2 N–H and O–H groups in total. The third-order valence-electron chi connectivity index (χ3n) is 12.0. The van der Waals surface area contributed by atoms with Gasteiger partial charge in [0.2, 0.25) is 0 Å². The summed E-state index contributed by atoms with van der Waals surface area (Å²) in [6, 6.07) is 15.5. The lowest BCUT2D eigenvalue weighted by molar-refractivity contribution is 0.409. The van der Waals surface area contributed by atoms with E-state index in [9.17, 15) is 10.2 Å². The van der Waals surface area contributed by atoms with Gasteiger partial charge in [0.25, 0.3) is 0 Å². The first-order chi connectivity index (χ1) is 25.0. The van der Waals surface area contributed by atoms with Crippen LogP contribution in [0.15, 0.2) is 48.5 Å². The molecule has 0 saturated carbocycles. The second-order valence-electron chi connectivity index (χ2n) is 17.7. The number of aryl methyl sites for hydroxylation is 2. The maximum atomic E-state index is 9.66. The van der Waals surface area contributed by atoms with Crippen molar-refractivity contribution in [1.82, 2.24) is 0 Å². The summed E-state index contributed by atoms with van der Waals surface area (Å²) in [6.45, 7) is 17.5. The minimum absolute atomic E-state index is 0.391. The minimum Gasteiger partial charge on any atom is -0.508 e. The van der Waals surface area contributed by atoms with Gasteiger partial charge in [-0.15, -0.1) is 0 Å². The van der Waals surface area contributed by atoms with Gasteiger partial charge in [0.05, 0.1) is 0 Å². The van der Waals surface area contributed by atoms with Crippen LogP contribution in [0.2, 0.25) is 37.3 Å². The van der Waals surface area contributed by atoms with Crippen molar-refractivity contribution in [3.8, 4) is 11.5 Å². The van der Waals surface area contributed by atoms with Crippen LogP contribution in [0.4, 0.5) is 0 Å². The molecular weight excluding hydrogens is 669 g/mol. The predicted molar refractivity (Wildman–Crippen MR) is 234 cm³/mol. The number of benzene rings is 2. The molecule has 2 rings (SSSR count). The predicted octanol–water partition coefficient (Wildman–Crippen LogP) is 15.7. The molecule has 0 aromatic heterocycles. The maximum absolute atomic E-state index is 9.66. The van der Waals surface area contributed by atoms with Gasteiger partial charge in [0.1, 0.15) is 11.5 Å². The lowest BCUT2D eigenvalue weighted by Crippen LogP contribution is -2.50. The van der Waals surface area contributed by atoms with Gasteiger partial charge >= 0.3 is 0 Å². The number of phenolic OH excluding ortho intramolecular Hbond substituents is 2. The van der Waals surface area contributed by atoms with Gasteiger partial charge in [0.15, 0.2) is 16.6 Å². The van der Waals surface area contributed by atoms with Crippen LogP contribution >= 0.6 is 0 Å². The summed E-state index contributed by atoms with van der Waals surface area (Å²) < 4.78 is 7.50. The zero-order chi connectivity index (χ0) is 38.1. The molecule has 0 aliphatic rings. The van der Waals surface area contributed by atoms with E-state index in [1.165, 1.54) is 159 Å². The molecule has 0 radical (unpaired) electrons. The van der Waals surface area contributed by atoms with E-state index in [1.54, 1.807) is 12.1 Å². The molecule has 0 aliphatic carbocycles. The Morgan fingerprint density at radius 2 is 0.865 bits per heavy atom. The van der Waals surface area contributed by atoms with Gasteiger partial charge in [0, 0.05) is 0 Å². The third-order valence-corrected chi connectivity index (χ3v) is 21.3. The van der Waals surface area contributed by atoms with Crippen molar-refractivity contribution >= 4 is 16.6 Å². The van der Waals surface area contributed by atoms with E-state index in [0.717, 1.165) is 29.8 Å². The summed E-state index contributed by atoms with van der Waals surface area (Å²) in [5.74, 6) is 1.61. The summed E-state index contributed by atoms with van der Waals surface area (Å²) in [6.07, 6.45) is 33.1. The summed E-state index contributed by atoms with van der Waals surface area (Å²) >= 11 is 0. The lowest BCUT2D eigenvalue weighted by Gasteiger charge is -2.43. The number of aromatic hydroxyl groups is 2. The van der Waals surface area contributed by atoms with Crippen LogP contribution in [-0.2, 0) is 17.0 Å². The second-order valence-corrected chi connectivity index (χ2v) is 26.5. The SMILES string of the molecule is CCCC(CCCCCCCCCCCc1cccc(O)c1)[Si](C)(C)O[Si](C)(C)C(CCC)CCC(C)CCCCCCCCc1cccc(O)c1. The maximum Gasteiger partial charge on any atom is 0.176 e. The molecule has 0 fully saturated rings. The Balaban J connectivity index is 1.62. The zero-order valence-electron chi connectivity index (χ0n) is 35.3. The van der Waals surface area contributed by atoms with Gasteiger partial charge in [-0.25, -0.2) is 0 Å². The molecule has 5 heteroatoms. The highest BCUT2D eigenvalue weighted by Gasteiger charge is 2.42. The minimum atomic E-state index is -1.80. The van der Waals surface area contributed by atoms with Crippen molar-refractivity contribution in [3.63, 3.8) is 0 Å². The molecular formula is C47H84O3Si2. The zero-order valence-corrected chi connectivity index (χ0v) is 37.3. The molecule has 3 nitrogen and oxygen atoms in total. The molecule has 0 spiro atoms. The topological polar surface area (TPSA) is 49.7 Å². The standard InChI is InChI=1S/C47H84O3Si2/c1-8-27-46(36-24-20-14-12-10-11-13-18-22-30-42-32-25-34-44(48)39-42)51(4,5)50-52(6,7)47(28-9-2)38-37-41(3)29-21-17-15-16-19-23-31-43-33-26-35-45(49)40-43/h25-26,32-35,39-41,46-49H,8-24,27-31,36-38H2,1-7H3. The Labute approximate surface area is 325 Å². The Hall–Kier alpha value is -1.57. The highest BCUT2D eigenvalue weighted by molar-refractivity contribution is 6.86. The average Bonchev–Trinajstić information content (AvgIpc) is 3.09. The van der Waals surface area contributed by atoms with E-state index in [-0.39, 0.29) is 0 Å². The fraction of sp³-hybridized carbons (Fsp3) is 0.745. The first-order valence-electron chi connectivity index (χ1n) is 22.2. The van der Waals surface area contributed by atoms with Crippen LogP contribution in [0, 0.1) is 5.92 Å². The van der Waals surface area contributed by atoms with E-state index < -0.39 is 16.6 Å². The first kappa shape index (κ1) is 46.6. The van der Waals surface area contributed by atoms with E-state index in [0.29, 0.717) is 11.5 Å². The lowest BCUT2D eigenvalue weighted by atomic mass is 9.95. The van der Waals surface area contributed by atoms with E-state index in [1.807, 2.05) is 24.3 Å². The highest BCUT2D eigenvalue weighted by Crippen LogP contribution is 2.41. The highest BCUT2D eigenvalue weighted by atomic mass is 28.4. The fourth-order valence-corrected chi connectivity index (χ4v) is 19.2.